The van der Waals surface area contributed by atoms with Gasteiger partial charge in [0, 0.05) is 26.2 Å². The van der Waals surface area contributed by atoms with E-state index in [0.29, 0.717) is 32.6 Å². The second-order valence-corrected chi connectivity index (χ2v) is 6.35. The number of morpholine rings is 1. The fourth-order valence-corrected chi connectivity index (χ4v) is 3.05. The molecule has 3 atom stereocenters. The molecule has 0 radical (unpaired) electrons. The quantitative estimate of drug-likeness (QED) is 0.345. The highest BCUT2D eigenvalue weighted by Gasteiger charge is 2.34. The van der Waals surface area contributed by atoms with Crippen LogP contribution in [0, 0.1) is 0 Å². The molecular weight excluding hydrogens is 300 g/mol. The van der Waals surface area contributed by atoms with Gasteiger partial charge in [-0.1, -0.05) is 6.42 Å². The third-order valence-corrected chi connectivity index (χ3v) is 4.05. The van der Waals surface area contributed by atoms with Gasteiger partial charge in [-0.05, 0) is 33.2 Å². The van der Waals surface area contributed by atoms with Crippen LogP contribution < -0.4 is 0 Å². The SMILES string of the molecule is CC(O)CN1CC(C)OC(=O)C1CCCCN(CCO)CCO. The highest BCUT2D eigenvalue weighted by Crippen LogP contribution is 2.18. The average Bonchev–Trinajstić information content (AvgIpc) is 2.45. The lowest BCUT2D eigenvalue weighted by molar-refractivity contribution is -0.166. The van der Waals surface area contributed by atoms with E-state index in [2.05, 4.69) is 0 Å². The maximum absolute atomic E-state index is 12.1. The van der Waals surface area contributed by atoms with E-state index in [4.69, 9.17) is 14.9 Å². The van der Waals surface area contributed by atoms with Gasteiger partial charge >= 0.3 is 5.97 Å². The molecule has 0 aliphatic carbocycles. The smallest absolute Gasteiger partial charge is 0.323 e. The number of aliphatic hydroxyl groups excluding tert-OH is 3. The summed E-state index contributed by atoms with van der Waals surface area (Å²) in [5.41, 5.74) is 0. The number of carbonyl (C=O) groups excluding carboxylic acids is 1. The van der Waals surface area contributed by atoms with Crippen LogP contribution in [0.4, 0.5) is 0 Å². The van der Waals surface area contributed by atoms with Crippen molar-refractivity contribution >= 4 is 5.97 Å². The number of cyclic esters (lactones) is 1. The Labute approximate surface area is 138 Å². The van der Waals surface area contributed by atoms with Gasteiger partial charge in [-0.15, -0.1) is 0 Å². The van der Waals surface area contributed by atoms with Crippen molar-refractivity contribution in [1.82, 2.24) is 9.80 Å². The second-order valence-electron chi connectivity index (χ2n) is 6.35. The Kier molecular flexibility index (Phi) is 9.66. The number of ether oxygens (including phenoxy) is 1. The lowest BCUT2D eigenvalue weighted by atomic mass is 10.0. The molecule has 0 saturated carbocycles. The molecule has 1 saturated heterocycles. The number of β-amino-alcohol motifs (C(OH)–C–C–N with tert-alkyl or cyclic N) is 1. The van der Waals surface area contributed by atoms with E-state index in [1.165, 1.54) is 0 Å². The molecule has 7 heteroatoms. The molecule has 1 aliphatic rings. The van der Waals surface area contributed by atoms with Crippen molar-refractivity contribution in [3.8, 4) is 0 Å². The summed E-state index contributed by atoms with van der Waals surface area (Å²) in [4.78, 5) is 16.1. The summed E-state index contributed by atoms with van der Waals surface area (Å²) in [6.45, 7) is 6.77. The molecule has 0 spiro atoms. The minimum Gasteiger partial charge on any atom is -0.460 e. The summed E-state index contributed by atoms with van der Waals surface area (Å²) >= 11 is 0. The van der Waals surface area contributed by atoms with E-state index < -0.39 is 6.10 Å². The number of esters is 1. The number of nitrogens with zero attached hydrogens (tertiary/aromatic N) is 2. The molecule has 0 aromatic rings. The largest absolute Gasteiger partial charge is 0.460 e. The molecule has 0 aromatic heterocycles. The Bertz CT molecular complexity index is 332. The number of hydrogen-bond donors (Lipinski definition) is 3. The molecule has 3 unspecified atom stereocenters. The predicted octanol–water partition coefficient (Wildman–Crippen LogP) is -0.560. The highest BCUT2D eigenvalue weighted by atomic mass is 16.5. The van der Waals surface area contributed by atoms with Crippen molar-refractivity contribution in [2.75, 3.05) is 45.9 Å². The maximum atomic E-state index is 12.1. The first-order valence-corrected chi connectivity index (χ1v) is 8.54. The molecule has 0 bridgehead atoms. The third kappa shape index (κ3) is 7.58. The molecule has 1 heterocycles. The van der Waals surface area contributed by atoms with Crippen molar-refractivity contribution in [1.29, 1.82) is 0 Å². The Morgan fingerprint density at radius 3 is 2.48 bits per heavy atom. The molecule has 136 valence electrons. The minimum atomic E-state index is -0.472. The number of unbranched alkanes of at least 4 members (excludes halogenated alkanes) is 1. The first-order chi connectivity index (χ1) is 11.0. The topological polar surface area (TPSA) is 93.5 Å². The molecule has 0 aromatic carbocycles. The number of rotatable bonds is 11. The van der Waals surface area contributed by atoms with Crippen LogP contribution in [-0.2, 0) is 9.53 Å². The number of aliphatic hydroxyl groups is 3. The molecule has 1 aliphatic heterocycles. The lowest BCUT2D eigenvalue weighted by Gasteiger charge is -2.38. The summed E-state index contributed by atoms with van der Waals surface area (Å²) in [7, 11) is 0. The van der Waals surface area contributed by atoms with Crippen molar-refractivity contribution in [3.05, 3.63) is 0 Å². The van der Waals surface area contributed by atoms with Crippen LogP contribution >= 0.6 is 0 Å². The van der Waals surface area contributed by atoms with Gasteiger partial charge in [-0.2, -0.15) is 0 Å². The summed E-state index contributed by atoms with van der Waals surface area (Å²) in [6.07, 6.45) is 1.84. The van der Waals surface area contributed by atoms with Gasteiger partial charge in [0.1, 0.15) is 12.1 Å². The van der Waals surface area contributed by atoms with E-state index >= 15 is 0 Å². The summed E-state index contributed by atoms with van der Waals surface area (Å²) in [6, 6.07) is -0.287. The number of hydrogen-bond acceptors (Lipinski definition) is 7. The fourth-order valence-electron chi connectivity index (χ4n) is 3.05. The minimum absolute atomic E-state index is 0.0784. The maximum Gasteiger partial charge on any atom is 0.323 e. The van der Waals surface area contributed by atoms with Gasteiger partial charge in [-0.25, -0.2) is 0 Å². The average molecular weight is 332 g/mol. The Hall–Kier alpha value is -0.730. The van der Waals surface area contributed by atoms with Gasteiger partial charge in [0.2, 0.25) is 0 Å². The van der Waals surface area contributed by atoms with Crippen LogP contribution in [0.25, 0.3) is 0 Å². The van der Waals surface area contributed by atoms with Gasteiger partial charge in [0.05, 0.1) is 19.3 Å². The van der Waals surface area contributed by atoms with Crippen LogP contribution in [0.5, 0.6) is 0 Å². The van der Waals surface area contributed by atoms with Crippen molar-refractivity contribution in [2.24, 2.45) is 0 Å². The lowest BCUT2D eigenvalue weighted by Crippen LogP contribution is -2.53. The van der Waals surface area contributed by atoms with Crippen LogP contribution in [0.2, 0.25) is 0 Å². The molecule has 1 fully saturated rings. The van der Waals surface area contributed by atoms with E-state index in [1.807, 2.05) is 16.7 Å². The summed E-state index contributed by atoms with van der Waals surface area (Å²) < 4.78 is 5.33. The molecule has 7 nitrogen and oxygen atoms in total. The molecular formula is C16H32N2O5. The monoisotopic (exact) mass is 332 g/mol. The fraction of sp³-hybridized carbons (Fsp3) is 0.938. The normalized spacial score (nSPS) is 24.0. The van der Waals surface area contributed by atoms with Crippen LogP contribution in [-0.4, -0.2) is 95.3 Å². The first kappa shape index (κ1) is 20.3. The summed E-state index contributed by atoms with van der Waals surface area (Å²) in [5, 5.41) is 27.6. The van der Waals surface area contributed by atoms with E-state index in [9.17, 15) is 9.90 Å². The van der Waals surface area contributed by atoms with Crippen molar-refractivity contribution < 1.29 is 24.9 Å². The highest BCUT2D eigenvalue weighted by molar-refractivity contribution is 5.76. The standard InChI is InChI=1S/C16H32N2O5/c1-13(21)11-18-12-14(2)23-16(22)15(18)5-3-4-6-17(7-9-19)8-10-20/h13-15,19-21H,3-12H2,1-2H3. The Balaban J connectivity index is 2.41. The zero-order valence-electron chi connectivity index (χ0n) is 14.4. The van der Waals surface area contributed by atoms with Crippen LogP contribution in [0.1, 0.15) is 33.1 Å². The van der Waals surface area contributed by atoms with Gasteiger partial charge in [0.15, 0.2) is 0 Å². The summed E-state index contributed by atoms with van der Waals surface area (Å²) in [5.74, 6) is -0.202. The third-order valence-electron chi connectivity index (χ3n) is 4.05. The van der Waals surface area contributed by atoms with Gasteiger partial charge < -0.3 is 20.1 Å². The van der Waals surface area contributed by atoms with E-state index in [1.54, 1.807) is 6.92 Å². The molecule has 1 rings (SSSR count). The molecule has 0 amide bonds. The van der Waals surface area contributed by atoms with E-state index in [0.717, 1.165) is 19.4 Å². The van der Waals surface area contributed by atoms with E-state index in [-0.39, 0.29) is 31.3 Å². The number of carbonyl (C=O) groups is 1. The second kappa shape index (κ2) is 10.9. The predicted molar refractivity (Wildman–Crippen MR) is 87.1 cm³/mol. The Morgan fingerprint density at radius 1 is 1.26 bits per heavy atom. The van der Waals surface area contributed by atoms with Crippen LogP contribution in [0.15, 0.2) is 0 Å². The zero-order chi connectivity index (χ0) is 17.2. The van der Waals surface area contributed by atoms with Crippen LogP contribution in [0.3, 0.4) is 0 Å². The first-order valence-electron chi connectivity index (χ1n) is 8.54. The molecule has 23 heavy (non-hydrogen) atoms. The van der Waals surface area contributed by atoms with Gasteiger partial charge in [-0.3, -0.25) is 14.6 Å². The zero-order valence-corrected chi connectivity index (χ0v) is 14.4. The van der Waals surface area contributed by atoms with Crippen molar-refractivity contribution in [3.63, 3.8) is 0 Å². The Morgan fingerprint density at radius 2 is 1.91 bits per heavy atom. The van der Waals surface area contributed by atoms with Gasteiger partial charge in [0.25, 0.3) is 0 Å². The molecule has 3 N–H and O–H groups in total. The van der Waals surface area contributed by atoms with Crippen molar-refractivity contribution in [2.45, 2.75) is 51.4 Å².